The van der Waals surface area contributed by atoms with Gasteiger partial charge in [-0.25, -0.2) is 10.1 Å². The van der Waals surface area contributed by atoms with Crippen LogP contribution in [0, 0.1) is 0 Å². The van der Waals surface area contributed by atoms with Gasteiger partial charge in [-0.15, -0.1) is 11.3 Å². The van der Waals surface area contributed by atoms with Crippen LogP contribution in [0.25, 0.3) is 22.4 Å². The molecule has 0 saturated heterocycles. The molecule has 8 heteroatoms. The number of nitrogens with one attached hydrogen (secondary N) is 2. The average Bonchev–Trinajstić information content (AvgIpc) is 3.18. The van der Waals surface area contributed by atoms with Gasteiger partial charge in [0.2, 0.25) is 0 Å². The summed E-state index contributed by atoms with van der Waals surface area (Å²) >= 11 is 7.12. The van der Waals surface area contributed by atoms with Gasteiger partial charge in [-0.05, 0) is 5.56 Å². The lowest BCUT2D eigenvalue weighted by atomic mass is 9.95. The fraction of sp³-hybridized carbons (Fsp3) is 0.0476. The minimum absolute atomic E-state index is 0.00591. The van der Waals surface area contributed by atoms with E-state index in [1.165, 1.54) is 11.3 Å². The first-order valence-electron chi connectivity index (χ1n) is 8.75. The topological polar surface area (TPSA) is 87.7 Å². The standard InChI is InChI=1S/C21H15ClN4O2S/c22-21-24-15(12-29-21)11-23-19(27)17-16(13-7-3-1-4-8-13)18(25-26-20(17)28)14-9-5-2-6-10-14/h1-10,12H,11H2,(H,23,27)(H,26,28). The Morgan fingerprint density at radius 3 is 2.31 bits per heavy atom. The number of nitrogens with zero attached hydrogens (tertiary/aromatic N) is 2. The van der Waals surface area contributed by atoms with E-state index in [-0.39, 0.29) is 12.1 Å². The van der Waals surface area contributed by atoms with Gasteiger partial charge in [-0.2, -0.15) is 5.10 Å². The molecule has 2 aromatic carbocycles. The molecule has 29 heavy (non-hydrogen) atoms. The van der Waals surface area contributed by atoms with Crippen LogP contribution in [0.2, 0.25) is 4.47 Å². The number of halogens is 1. The van der Waals surface area contributed by atoms with Crippen LogP contribution in [0.5, 0.6) is 0 Å². The lowest BCUT2D eigenvalue weighted by Gasteiger charge is -2.13. The van der Waals surface area contributed by atoms with Crippen molar-refractivity contribution in [2.75, 3.05) is 0 Å². The van der Waals surface area contributed by atoms with Crippen molar-refractivity contribution in [1.29, 1.82) is 0 Å². The highest BCUT2D eigenvalue weighted by atomic mass is 35.5. The third-order valence-electron chi connectivity index (χ3n) is 4.27. The fourth-order valence-electron chi connectivity index (χ4n) is 2.98. The molecule has 0 aliphatic carbocycles. The number of aromatic nitrogens is 3. The molecule has 0 saturated carbocycles. The van der Waals surface area contributed by atoms with E-state index < -0.39 is 11.5 Å². The summed E-state index contributed by atoms with van der Waals surface area (Å²) in [6.07, 6.45) is 0. The van der Waals surface area contributed by atoms with E-state index in [9.17, 15) is 9.59 Å². The average molecular weight is 423 g/mol. The maximum absolute atomic E-state index is 13.0. The van der Waals surface area contributed by atoms with Crippen molar-refractivity contribution < 1.29 is 4.79 Å². The Bertz CT molecular complexity index is 1210. The van der Waals surface area contributed by atoms with Crippen LogP contribution in [0.3, 0.4) is 0 Å². The summed E-state index contributed by atoms with van der Waals surface area (Å²) in [4.78, 5) is 29.8. The van der Waals surface area contributed by atoms with Crippen LogP contribution >= 0.6 is 22.9 Å². The molecule has 0 unspecified atom stereocenters. The Hall–Kier alpha value is -3.29. The van der Waals surface area contributed by atoms with Gasteiger partial charge in [0.1, 0.15) is 5.56 Å². The van der Waals surface area contributed by atoms with E-state index in [2.05, 4.69) is 20.5 Å². The molecule has 1 amide bonds. The normalized spacial score (nSPS) is 10.7. The number of benzene rings is 2. The predicted molar refractivity (Wildman–Crippen MR) is 114 cm³/mol. The lowest BCUT2D eigenvalue weighted by Crippen LogP contribution is -2.31. The first kappa shape index (κ1) is 19.0. The van der Waals surface area contributed by atoms with Gasteiger partial charge >= 0.3 is 0 Å². The minimum Gasteiger partial charge on any atom is -0.346 e. The summed E-state index contributed by atoms with van der Waals surface area (Å²) in [5.74, 6) is -0.506. The molecule has 0 radical (unpaired) electrons. The largest absolute Gasteiger partial charge is 0.346 e. The number of H-pyrrole nitrogens is 1. The van der Waals surface area contributed by atoms with Crippen molar-refractivity contribution in [3.63, 3.8) is 0 Å². The summed E-state index contributed by atoms with van der Waals surface area (Å²) in [7, 11) is 0. The summed E-state index contributed by atoms with van der Waals surface area (Å²) in [5, 5.41) is 11.2. The highest BCUT2D eigenvalue weighted by Gasteiger charge is 2.23. The van der Waals surface area contributed by atoms with Crippen molar-refractivity contribution in [1.82, 2.24) is 20.5 Å². The monoisotopic (exact) mass is 422 g/mol. The summed E-state index contributed by atoms with van der Waals surface area (Å²) in [5.41, 5.74) is 2.61. The zero-order valence-corrected chi connectivity index (χ0v) is 16.6. The van der Waals surface area contributed by atoms with Gasteiger partial charge in [0.15, 0.2) is 4.47 Å². The van der Waals surface area contributed by atoms with Crippen molar-refractivity contribution in [3.8, 4) is 22.4 Å². The SMILES string of the molecule is O=C(NCc1csc(Cl)n1)c1c(-c2ccccc2)c(-c2ccccc2)n[nH]c1=O. The number of carbonyl (C=O) groups excluding carboxylic acids is 1. The molecule has 0 aliphatic rings. The number of thiazole rings is 1. The maximum Gasteiger partial charge on any atom is 0.277 e. The Labute approximate surface area is 175 Å². The van der Waals surface area contributed by atoms with Crippen LogP contribution in [0.4, 0.5) is 0 Å². The maximum atomic E-state index is 13.0. The number of amides is 1. The molecular formula is C21H15ClN4O2S. The van der Waals surface area contributed by atoms with E-state index in [1.807, 2.05) is 60.7 Å². The first-order valence-corrected chi connectivity index (χ1v) is 10.0. The molecule has 4 rings (SSSR count). The molecule has 0 fully saturated rings. The quantitative estimate of drug-likeness (QED) is 0.506. The van der Waals surface area contributed by atoms with Gasteiger partial charge in [-0.1, -0.05) is 72.3 Å². The minimum atomic E-state index is -0.558. The Balaban J connectivity index is 1.82. The molecule has 0 spiro atoms. The molecular weight excluding hydrogens is 408 g/mol. The van der Waals surface area contributed by atoms with Gasteiger partial charge < -0.3 is 5.32 Å². The second kappa shape index (κ2) is 8.38. The molecule has 2 aromatic heterocycles. The molecule has 4 aromatic rings. The third-order valence-corrected chi connectivity index (χ3v) is 5.30. The third kappa shape index (κ3) is 4.11. The predicted octanol–water partition coefficient (Wildman–Crippen LogP) is 4.14. The number of hydrogen-bond donors (Lipinski definition) is 2. The first-order chi connectivity index (χ1) is 14.1. The van der Waals surface area contributed by atoms with E-state index >= 15 is 0 Å². The molecule has 6 nitrogen and oxygen atoms in total. The molecule has 144 valence electrons. The van der Waals surface area contributed by atoms with E-state index in [1.54, 1.807) is 5.38 Å². The summed E-state index contributed by atoms with van der Waals surface area (Å²) < 4.78 is 0.396. The van der Waals surface area contributed by atoms with Crippen LogP contribution in [-0.4, -0.2) is 21.1 Å². The van der Waals surface area contributed by atoms with Gasteiger partial charge in [0.05, 0.1) is 17.9 Å². The van der Waals surface area contributed by atoms with E-state index in [0.717, 1.165) is 11.1 Å². The van der Waals surface area contributed by atoms with Crippen LogP contribution in [-0.2, 0) is 6.54 Å². The Kier molecular flexibility index (Phi) is 5.50. The number of rotatable bonds is 5. The summed E-state index contributed by atoms with van der Waals surface area (Å²) in [6.45, 7) is 0.165. The van der Waals surface area contributed by atoms with Crippen molar-refractivity contribution in [2.24, 2.45) is 0 Å². The molecule has 2 N–H and O–H groups in total. The van der Waals surface area contributed by atoms with Crippen molar-refractivity contribution in [2.45, 2.75) is 6.54 Å². The zero-order chi connectivity index (χ0) is 20.2. The summed E-state index contributed by atoms with van der Waals surface area (Å²) in [6, 6.07) is 18.7. The highest BCUT2D eigenvalue weighted by Crippen LogP contribution is 2.31. The number of carbonyl (C=O) groups is 1. The van der Waals surface area contributed by atoms with Crippen molar-refractivity contribution >= 4 is 28.8 Å². The number of hydrogen-bond acceptors (Lipinski definition) is 5. The van der Waals surface area contributed by atoms with E-state index in [0.29, 0.717) is 21.4 Å². The van der Waals surface area contributed by atoms with Crippen LogP contribution in [0.15, 0.2) is 70.8 Å². The Morgan fingerprint density at radius 1 is 1.03 bits per heavy atom. The highest BCUT2D eigenvalue weighted by molar-refractivity contribution is 7.13. The van der Waals surface area contributed by atoms with Crippen LogP contribution < -0.4 is 10.9 Å². The van der Waals surface area contributed by atoms with Crippen molar-refractivity contribution in [3.05, 3.63) is 92.1 Å². The second-order valence-corrected chi connectivity index (χ2v) is 7.60. The second-order valence-electron chi connectivity index (χ2n) is 6.16. The lowest BCUT2D eigenvalue weighted by molar-refractivity contribution is 0.0949. The zero-order valence-electron chi connectivity index (χ0n) is 15.1. The van der Waals surface area contributed by atoms with E-state index in [4.69, 9.17) is 11.6 Å². The van der Waals surface area contributed by atoms with Gasteiger partial charge in [-0.3, -0.25) is 9.59 Å². The molecule has 0 bridgehead atoms. The Morgan fingerprint density at radius 2 is 1.69 bits per heavy atom. The van der Waals surface area contributed by atoms with Gasteiger partial charge in [0, 0.05) is 16.5 Å². The molecule has 2 heterocycles. The molecule has 0 aliphatic heterocycles. The smallest absolute Gasteiger partial charge is 0.277 e. The molecule has 0 atom stereocenters. The van der Waals surface area contributed by atoms with Gasteiger partial charge in [0.25, 0.3) is 11.5 Å². The van der Waals surface area contributed by atoms with Crippen LogP contribution in [0.1, 0.15) is 16.1 Å². The fourth-order valence-corrected chi connectivity index (χ4v) is 3.76. The number of aromatic amines is 1.